The summed E-state index contributed by atoms with van der Waals surface area (Å²) in [6.45, 7) is 3.18. The molecule has 0 aliphatic heterocycles. The third-order valence-corrected chi connectivity index (χ3v) is 4.23. The first-order chi connectivity index (χ1) is 13.5. The molecule has 0 bridgehead atoms. The molecule has 0 fully saturated rings. The average molecular weight is 377 g/mol. The second kappa shape index (κ2) is 8.27. The zero-order chi connectivity index (χ0) is 20.1. The number of aryl methyl sites for hydroxylation is 2. The Balaban J connectivity index is 1.62. The molecule has 0 amide bonds. The third-order valence-electron chi connectivity index (χ3n) is 4.23. The lowest BCUT2D eigenvalue weighted by atomic mass is 10.1. The van der Waals surface area contributed by atoms with Crippen LogP contribution in [-0.2, 0) is 9.53 Å². The highest BCUT2D eigenvalue weighted by atomic mass is 16.6. The van der Waals surface area contributed by atoms with Crippen LogP contribution in [-0.4, -0.2) is 34.3 Å². The largest absolute Gasteiger partial charge is 0.507 e. The molecule has 2 N–H and O–H groups in total. The maximum absolute atomic E-state index is 11.9. The molecule has 0 unspecified atom stereocenters. The van der Waals surface area contributed by atoms with Gasteiger partial charge in [0, 0.05) is 0 Å². The zero-order valence-electron chi connectivity index (χ0n) is 15.5. The molecular weight excluding hydrogens is 358 g/mol. The molecule has 142 valence electrons. The number of nitrogens with one attached hydrogen (secondary N) is 1. The van der Waals surface area contributed by atoms with E-state index < -0.39 is 12.6 Å². The molecule has 0 atom stereocenters. The Kier molecular flexibility index (Phi) is 5.61. The normalized spacial score (nSPS) is 11.6. The summed E-state index contributed by atoms with van der Waals surface area (Å²) in [6.07, 6.45) is 0. The number of H-pyrrole nitrogens is 1. The molecule has 7 heteroatoms. The molecule has 0 aliphatic rings. The van der Waals surface area contributed by atoms with Crippen molar-refractivity contribution in [2.45, 2.75) is 13.8 Å². The number of allylic oxidation sites excluding steroid dienone is 1. The summed E-state index contributed by atoms with van der Waals surface area (Å²) < 4.78 is 10.4. The van der Waals surface area contributed by atoms with E-state index in [1.165, 1.54) is 0 Å². The lowest BCUT2D eigenvalue weighted by Crippen LogP contribution is -2.16. The van der Waals surface area contributed by atoms with E-state index in [1.807, 2.05) is 50.2 Å². The number of hydrogen-bond donors (Lipinski definition) is 2. The fourth-order valence-corrected chi connectivity index (χ4v) is 2.53. The molecule has 1 heterocycles. The van der Waals surface area contributed by atoms with Crippen molar-refractivity contribution in [2.75, 3.05) is 13.2 Å². The predicted octanol–water partition coefficient (Wildman–Crippen LogP) is 3.59. The Bertz CT molecular complexity index is 1060. The highest BCUT2D eigenvalue weighted by molar-refractivity contribution is 5.83. The fraction of sp³-hybridized carbons (Fsp3) is 0.190. The average Bonchev–Trinajstić information content (AvgIpc) is 3.11. The number of hydrogen-bond acceptors (Lipinski definition) is 6. The van der Waals surface area contributed by atoms with Crippen LogP contribution in [0.3, 0.4) is 0 Å². The molecule has 0 saturated carbocycles. The molecule has 2 aromatic carbocycles. The van der Waals surface area contributed by atoms with Gasteiger partial charge in [-0.05, 0) is 49.2 Å². The summed E-state index contributed by atoms with van der Waals surface area (Å²) in [5.41, 5.74) is 3.49. The zero-order valence-corrected chi connectivity index (χ0v) is 15.5. The molecule has 1 aromatic heterocycles. The van der Waals surface area contributed by atoms with Crippen molar-refractivity contribution in [1.82, 2.24) is 9.97 Å². The van der Waals surface area contributed by atoms with Crippen LogP contribution in [0.4, 0.5) is 0 Å². The van der Waals surface area contributed by atoms with Crippen molar-refractivity contribution in [3.05, 3.63) is 65.2 Å². The number of imidazole rings is 1. The number of aliphatic hydroxyl groups excluding tert-OH is 1. The van der Waals surface area contributed by atoms with Gasteiger partial charge < -0.3 is 19.6 Å². The molecule has 0 radical (unpaired) electrons. The van der Waals surface area contributed by atoms with Crippen molar-refractivity contribution in [1.29, 1.82) is 5.26 Å². The standard InChI is InChI=1S/C21H19N3O4/c1-13-7-8-15(9-14(13)2)27-12-20(26)28-11-19(25)16(10-22)21-23-17-5-3-4-6-18(17)24-21/h3-9,25H,11-12H2,1-2H3,(H,23,24)/b19-16-. The number of rotatable bonds is 6. The summed E-state index contributed by atoms with van der Waals surface area (Å²) in [5.74, 6) is -0.281. The quantitative estimate of drug-likeness (QED) is 0.386. The first-order valence-electron chi connectivity index (χ1n) is 8.61. The van der Waals surface area contributed by atoms with Crippen LogP contribution in [0, 0.1) is 25.2 Å². The van der Waals surface area contributed by atoms with E-state index in [2.05, 4.69) is 9.97 Å². The number of nitriles is 1. The number of fused-ring (bicyclic) bond motifs is 1. The molecular formula is C21H19N3O4. The van der Waals surface area contributed by atoms with E-state index in [9.17, 15) is 15.2 Å². The number of para-hydroxylation sites is 2. The van der Waals surface area contributed by atoms with Gasteiger partial charge in [-0.25, -0.2) is 9.78 Å². The van der Waals surface area contributed by atoms with Gasteiger partial charge in [0.15, 0.2) is 18.2 Å². The van der Waals surface area contributed by atoms with Gasteiger partial charge in [0.05, 0.1) is 11.0 Å². The Labute approximate surface area is 161 Å². The van der Waals surface area contributed by atoms with E-state index in [-0.39, 0.29) is 23.8 Å². The van der Waals surface area contributed by atoms with Crippen molar-refractivity contribution in [3.8, 4) is 11.8 Å². The van der Waals surface area contributed by atoms with Crippen molar-refractivity contribution < 1.29 is 19.4 Å². The van der Waals surface area contributed by atoms with Gasteiger partial charge in [0.1, 0.15) is 24.0 Å². The fourth-order valence-electron chi connectivity index (χ4n) is 2.53. The van der Waals surface area contributed by atoms with Crippen LogP contribution in [0.15, 0.2) is 48.2 Å². The Hall–Kier alpha value is -3.79. The lowest BCUT2D eigenvalue weighted by Gasteiger charge is -2.09. The minimum Gasteiger partial charge on any atom is -0.507 e. The molecule has 3 rings (SSSR count). The molecule has 7 nitrogen and oxygen atoms in total. The number of nitrogens with zero attached hydrogens (tertiary/aromatic N) is 2. The first kappa shape index (κ1) is 19.0. The predicted molar refractivity (Wildman–Crippen MR) is 104 cm³/mol. The number of aliphatic hydroxyl groups is 1. The summed E-state index contributed by atoms with van der Waals surface area (Å²) in [7, 11) is 0. The van der Waals surface area contributed by atoms with Gasteiger partial charge in [-0.2, -0.15) is 5.26 Å². The maximum atomic E-state index is 11.9. The van der Waals surface area contributed by atoms with E-state index in [4.69, 9.17) is 9.47 Å². The lowest BCUT2D eigenvalue weighted by molar-refractivity contribution is -0.145. The summed E-state index contributed by atoms with van der Waals surface area (Å²) >= 11 is 0. The van der Waals surface area contributed by atoms with Gasteiger partial charge in [-0.1, -0.05) is 18.2 Å². The number of aromatic amines is 1. The van der Waals surface area contributed by atoms with Crippen LogP contribution >= 0.6 is 0 Å². The molecule has 0 spiro atoms. The van der Waals surface area contributed by atoms with Crippen molar-refractivity contribution >= 4 is 22.6 Å². The molecule has 0 saturated heterocycles. The number of aromatic nitrogens is 2. The third kappa shape index (κ3) is 4.30. The van der Waals surface area contributed by atoms with E-state index >= 15 is 0 Å². The van der Waals surface area contributed by atoms with Crippen LogP contribution in [0.2, 0.25) is 0 Å². The van der Waals surface area contributed by atoms with Crippen LogP contribution in [0.5, 0.6) is 5.75 Å². The van der Waals surface area contributed by atoms with Gasteiger partial charge in [0.2, 0.25) is 0 Å². The number of esters is 1. The van der Waals surface area contributed by atoms with E-state index in [0.29, 0.717) is 11.3 Å². The van der Waals surface area contributed by atoms with Gasteiger partial charge >= 0.3 is 5.97 Å². The number of carbonyl (C=O) groups excluding carboxylic acids is 1. The Morgan fingerprint density at radius 2 is 1.96 bits per heavy atom. The number of carbonyl (C=O) groups is 1. The second-order valence-electron chi connectivity index (χ2n) is 6.23. The van der Waals surface area contributed by atoms with Crippen molar-refractivity contribution in [2.24, 2.45) is 0 Å². The molecule has 3 aromatic rings. The summed E-state index contributed by atoms with van der Waals surface area (Å²) in [4.78, 5) is 19.1. The molecule has 28 heavy (non-hydrogen) atoms. The topological polar surface area (TPSA) is 108 Å². The second-order valence-corrected chi connectivity index (χ2v) is 6.23. The minimum absolute atomic E-state index is 0.0842. The summed E-state index contributed by atoms with van der Waals surface area (Å²) in [6, 6.07) is 14.6. The Morgan fingerprint density at radius 1 is 1.18 bits per heavy atom. The maximum Gasteiger partial charge on any atom is 0.344 e. The Morgan fingerprint density at radius 3 is 2.68 bits per heavy atom. The van der Waals surface area contributed by atoms with Crippen LogP contribution < -0.4 is 4.74 Å². The highest BCUT2D eigenvalue weighted by Gasteiger charge is 2.15. The van der Waals surface area contributed by atoms with Crippen LogP contribution in [0.25, 0.3) is 16.6 Å². The number of benzene rings is 2. The highest BCUT2D eigenvalue weighted by Crippen LogP contribution is 2.19. The van der Waals surface area contributed by atoms with Gasteiger partial charge in [-0.3, -0.25) is 0 Å². The minimum atomic E-state index is -0.660. The SMILES string of the molecule is Cc1ccc(OCC(=O)OC/C(O)=C(\C#N)c2nc3ccccc3[nH]2)cc1C. The van der Waals surface area contributed by atoms with Gasteiger partial charge in [-0.15, -0.1) is 0 Å². The smallest absolute Gasteiger partial charge is 0.344 e. The monoisotopic (exact) mass is 377 g/mol. The number of ether oxygens (including phenoxy) is 2. The van der Waals surface area contributed by atoms with Crippen molar-refractivity contribution in [3.63, 3.8) is 0 Å². The first-order valence-corrected chi connectivity index (χ1v) is 8.61. The molecule has 0 aliphatic carbocycles. The summed E-state index contributed by atoms with van der Waals surface area (Å²) in [5, 5.41) is 19.5. The van der Waals surface area contributed by atoms with E-state index in [0.717, 1.165) is 16.6 Å². The van der Waals surface area contributed by atoms with Crippen LogP contribution in [0.1, 0.15) is 17.0 Å². The van der Waals surface area contributed by atoms with Gasteiger partial charge in [0.25, 0.3) is 0 Å². The van der Waals surface area contributed by atoms with E-state index in [1.54, 1.807) is 12.1 Å².